The molecule has 1 aromatic carbocycles. The molecule has 2 saturated heterocycles. The maximum absolute atomic E-state index is 11.1. The molecule has 26 heavy (non-hydrogen) atoms. The van der Waals surface area contributed by atoms with Gasteiger partial charge in [0, 0.05) is 24.8 Å². The third-order valence-electron chi connectivity index (χ3n) is 5.44. The fourth-order valence-electron chi connectivity index (χ4n) is 3.71. The van der Waals surface area contributed by atoms with E-state index in [9.17, 15) is 4.79 Å². The lowest BCUT2D eigenvalue weighted by Crippen LogP contribution is -2.43. The summed E-state index contributed by atoms with van der Waals surface area (Å²) in [5.74, 6) is 1.11. The van der Waals surface area contributed by atoms with Gasteiger partial charge in [-0.15, -0.1) is 0 Å². The van der Waals surface area contributed by atoms with Crippen LogP contribution in [0.4, 0.5) is 5.69 Å². The third-order valence-corrected chi connectivity index (χ3v) is 5.44. The Labute approximate surface area is 156 Å². The molecule has 2 aliphatic rings. The van der Waals surface area contributed by atoms with Gasteiger partial charge >= 0.3 is 5.97 Å². The molecule has 0 saturated carbocycles. The van der Waals surface area contributed by atoms with Crippen LogP contribution < -0.4 is 20.3 Å². The van der Waals surface area contributed by atoms with E-state index in [4.69, 9.17) is 4.74 Å². The maximum atomic E-state index is 11.1. The molecular formula is C20H31N3O3. The number of ether oxygens (including phenoxy) is 2. The molecule has 2 heterocycles. The van der Waals surface area contributed by atoms with E-state index in [1.807, 2.05) is 12.1 Å². The monoisotopic (exact) mass is 361 g/mol. The number of piperidine rings is 2. The van der Waals surface area contributed by atoms with Crippen molar-refractivity contribution >= 4 is 11.7 Å². The van der Waals surface area contributed by atoms with Gasteiger partial charge in [-0.3, -0.25) is 0 Å². The largest absolute Gasteiger partial charge is 0.482 e. The van der Waals surface area contributed by atoms with E-state index in [-0.39, 0.29) is 12.6 Å². The molecule has 0 atom stereocenters. The van der Waals surface area contributed by atoms with Gasteiger partial charge in [0.15, 0.2) is 6.61 Å². The molecule has 0 bridgehead atoms. The summed E-state index contributed by atoms with van der Waals surface area (Å²) in [5, 5.41) is 7.19. The van der Waals surface area contributed by atoms with Gasteiger partial charge in [0.1, 0.15) is 5.75 Å². The van der Waals surface area contributed by atoms with Crippen molar-refractivity contribution in [3.05, 3.63) is 24.3 Å². The van der Waals surface area contributed by atoms with Gasteiger partial charge in [0.25, 0.3) is 0 Å². The third kappa shape index (κ3) is 5.61. The second-order valence-corrected chi connectivity index (χ2v) is 7.22. The van der Waals surface area contributed by atoms with E-state index in [1.165, 1.54) is 38.5 Å². The minimum atomic E-state index is -0.366. The summed E-state index contributed by atoms with van der Waals surface area (Å²) in [7, 11) is 1.36. The van der Waals surface area contributed by atoms with Crippen molar-refractivity contribution in [3.63, 3.8) is 0 Å². The highest BCUT2D eigenvalue weighted by molar-refractivity contribution is 5.70. The zero-order valence-electron chi connectivity index (χ0n) is 15.7. The fourth-order valence-corrected chi connectivity index (χ4v) is 3.71. The fraction of sp³-hybridized carbons (Fsp3) is 0.650. The topological polar surface area (TPSA) is 62.8 Å². The van der Waals surface area contributed by atoms with Gasteiger partial charge in [-0.2, -0.15) is 0 Å². The Bertz CT molecular complexity index is 550. The molecule has 3 rings (SSSR count). The first-order valence-corrected chi connectivity index (χ1v) is 9.73. The van der Waals surface area contributed by atoms with Gasteiger partial charge in [-0.25, -0.2) is 4.79 Å². The molecule has 0 spiro atoms. The highest BCUT2D eigenvalue weighted by Gasteiger charge is 2.21. The average molecular weight is 361 g/mol. The van der Waals surface area contributed by atoms with Crippen LogP contribution in [0.2, 0.25) is 0 Å². The summed E-state index contributed by atoms with van der Waals surface area (Å²) >= 11 is 0. The van der Waals surface area contributed by atoms with Crippen LogP contribution in [0.3, 0.4) is 0 Å². The number of methoxy groups -OCH3 is 1. The number of nitrogens with one attached hydrogen (secondary N) is 2. The van der Waals surface area contributed by atoms with Crippen LogP contribution in [0.5, 0.6) is 5.75 Å². The molecule has 0 aliphatic carbocycles. The Hall–Kier alpha value is -1.79. The Kier molecular flexibility index (Phi) is 7.14. The molecule has 0 aromatic heterocycles. The summed E-state index contributed by atoms with van der Waals surface area (Å²) in [6, 6.07) is 8.68. The van der Waals surface area contributed by atoms with Crippen LogP contribution in [0.1, 0.15) is 25.7 Å². The number of carbonyl (C=O) groups excluding carboxylic acids is 1. The standard InChI is InChI=1S/C20H31N3O3/c1-25-20(24)15-26-19-4-2-18(3-5-19)23-12-8-16(9-13-23)14-22-17-6-10-21-11-7-17/h2-5,16-17,21-22H,6-15H2,1H3. The lowest BCUT2D eigenvalue weighted by Gasteiger charge is -2.35. The van der Waals surface area contributed by atoms with Crippen molar-refractivity contribution in [1.82, 2.24) is 10.6 Å². The van der Waals surface area contributed by atoms with Crippen LogP contribution in [0.25, 0.3) is 0 Å². The quantitative estimate of drug-likeness (QED) is 0.722. The van der Waals surface area contributed by atoms with Gasteiger partial charge in [0.2, 0.25) is 0 Å². The van der Waals surface area contributed by atoms with Crippen molar-refractivity contribution < 1.29 is 14.3 Å². The molecule has 0 amide bonds. The highest BCUT2D eigenvalue weighted by Crippen LogP contribution is 2.25. The van der Waals surface area contributed by atoms with Gasteiger partial charge < -0.3 is 25.0 Å². The normalized spacial score (nSPS) is 19.3. The van der Waals surface area contributed by atoms with E-state index in [1.54, 1.807) is 0 Å². The second-order valence-electron chi connectivity index (χ2n) is 7.22. The number of hydrogen-bond acceptors (Lipinski definition) is 6. The Morgan fingerprint density at radius 2 is 1.85 bits per heavy atom. The zero-order chi connectivity index (χ0) is 18.2. The van der Waals surface area contributed by atoms with Crippen molar-refractivity contribution in [3.8, 4) is 5.75 Å². The van der Waals surface area contributed by atoms with E-state index >= 15 is 0 Å². The molecule has 2 aliphatic heterocycles. The lowest BCUT2D eigenvalue weighted by molar-refractivity contribution is -0.142. The molecule has 144 valence electrons. The number of anilines is 1. The van der Waals surface area contributed by atoms with Gasteiger partial charge in [-0.05, 0) is 75.5 Å². The maximum Gasteiger partial charge on any atom is 0.343 e. The summed E-state index contributed by atoms with van der Waals surface area (Å²) in [5.41, 5.74) is 1.22. The average Bonchev–Trinajstić information content (AvgIpc) is 2.72. The molecule has 6 nitrogen and oxygen atoms in total. The van der Waals surface area contributed by atoms with Crippen LogP contribution in [0, 0.1) is 5.92 Å². The van der Waals surface area contributed by atoms with E-state index in [2.05, 4.69) is 32.4 Å². The predicted molar refractivity (Wildman–Crippen MR) is 103 cm³/mol. The van der Waals surface area contributed by atoms with Crippen molar-refractivity contribution in [1.29, 1.82) is 0 Å². The molecule has 6 heteroatoms. The van der Waals surface area contributed by atoms with Crippen LogP contribution in [0.15, 0.2) is 24.3 Å². The Morgan fingerprint density at radius 1 is 1.15 bits per heavy atom. The molecule has 1 aromatic rings. The van der Waals surface area contributed by atoms with Gasteiger partial charge in [-0.1, -0.05) is 0 Å². The first-order chi connectivity index (χ1) is 12.7. The first kappa shape index (κ1) is 19.0. The number of rotatable bonds is 7. The first-order valence-electron chi connectivity index (χ1n) is 9.73. The van der Waals surface area contributed by atoms with Crippen LogP contribution in [-0.4, -0.2) is 58.5 Å². The van der Waals surface area contributed by atoms with Crippen molar-refractivity contribution in [2.24, 2.45) is 5.92 Å². The smallest absolute Gasteiger partial charge is 0.343 e. The minimum absolute atomic E-state index is 0.0503. The molecule has 2 fully saturated rings. The molecule has 2 N–H and O–H groups in total. The highest BCUT2D eigenvalue weighted by atomic mass is 16.6. The Balaban J connectivity index is 1.39. The number of nitrogens with zero attached hydrogens (tertiary/aromatic N) is 1. The summed E-state index contributed by atoms with van der Waals surface area (Å²) < 4.78 is 9.98. The molecule has 0 radical (unpaired) electrons. The number of carbonyl (C=O) groups is 1. The summed E-state index contributed by atoms with van der Waals surface area (Å²) in [4.78, 5) is 13.6. The van der Waals surface area contributed by atoms with E-state index in [0.717, 1.165) is 38.6 Å². The molecular weight excluding hydrogens is 330 g/mol. The second kappa shape index (κ2) is 9.78. The van der Waals surface area contributed by atoms with Crippen LogP contribution in [-0.2, 0) is 9.53 Å². The van der Waals surface area contributed by atoms with Crippen molar-refractivity contribution in [2.45, 2.75) is 31.7 Å². The number of benzene rings is 1. The zero-order valence-corrected chi connectivity index (χ0v) is 15.7. The minimum Gasteiger partial charge on any atom is -0.482 e. The number of hydrogen-bond donors (Lipinski definition) is 2. The van der Waals surface area contributed by atoms with Crippen molar-refractivity contribution in [2.75, 3.05) is 51.3 Å². The SMILES string of the molecule is COC(=O)COc1ccc(N2CCC(CNC3CCNCC3)CC2)cc1. The predicted octanol–water partition coefficient (Wildman–Crippen LogP) is 1.80. The summed E-state index contributed by atoms with van der Waals surface area (Å²) in [6.45, 7) is 5.59. The lowest BCUT2D eigenvalue weighted by atomic mass is 9.95. The van der Waals surface area contributed by atoms with E-state index < -0.39 is 0 Å². The van der Waals surface area contributed by atoms with Gasteiger partial charge in [0.05, 0.1) is 7.11 Å². The van der Waals surface area contributed by atoms with Crippen LogP contribution >= 0.6 is 0 Å². The molecule has 0 unspecified atom stereocenters. The Morgan fingerprint density at radius 3 is 2.50 bits per heavy atom. The summed E-state index contributed by atoms with van der Waals surface area (Å²) in [6.07, 6.45) is 4.98. The number of esters is 1. The van der Waals surface area contributed by atoms with E-state index in [0.29, 0.717) is 11.8 Å².